The summed E-state index contributed by atoms with van der Waals surface area (Å²) in [6.07, 6.45) is 6.12. The number of amides is 1. The van der Waals surface area contributed by atoms with Gasteiger partial charge in [0.05, 0.1) is 11.3 Å². The van der Waals surface area contributed by atoms with Crippen LogP contribution < -0.4 is 0 Å². The van der Waals surface area contributed by atoms with Crippen LogP contribution in [0.2, 0.25) is 0 Å². The van der Waals surface area contributed by atoms with Crippen LogP contribution in [-0.4, -0.2) is 39.9 Å². The number of rotatable bonds is 3. The Bertz CT molecular complexity index is 667. The van der Waals surface area contributed by atoms with E-state index in [1.165, 1.54) is 0 Å². The third-order valence-corrected chi connectivity index (χ3v) is 4.99. The molecule has 0 bridgehead atoms. The van der Waals surface area contributed by atoms with Gasteiger partial charge in [-0.25, -0.2) is 0 Å². The molecule has 1 aromatic carbocycles. The number of piperidine rings is 1. The Hall–Kier alpha value is -1.75. The Kier molecular flexibility index (Phi) is 4.52. The van der Waals surface area contributed by atoms with Crippen LogP contribution in [0.1, 0.15) is 34.8 Å². The molecule has 1 saturated heterocycles. The number of hydrogen-bond donors (Lipinski definition) is 0. The monoisotopic (exact) mass is 315 g/mol. The highest BCUT2D eigenvalue weighted by molar-refractivity contribution is 7.98. The van der Waals surface area contributed by atoms with Crippen LogP contribution in [0.3, 0.4) is 0 Å². The summed E-state index contributed by atoms with van der Waals surface area (Å²) in [6.45, 7) is 1.60. The minimum Gasteiger partial charge on any atom is -0.338 e. The molecule has 5 heteroatoms. The van der Waals surface area contributed by atoms with E-state index in [2.05, 4.69) is 11.2 Å². The molecule has 4 nitrogen and oxygen atoms in total. The molecule has 0 spiro atoms. The fourth-order valence-electron chi connectivity index (χ4n) is 3.05. The standard InChI is InChI=1S/C17H21N3OS/c1-19-11-9-15(18-19)13-6-5-10-20(12-13)17(21)14-7-3-4-8-16(14)22-2/h3-4,7-9,11,13H,5-6,10,12H2,1-2H3/t13-/m1/s1. The van der Waals surface area contributed by atoms with Crippen molar-refractivity contribution >= 4 is 17.7 Å². The molecule has 1 amide bonds. The summed E-state index contributed by atoms with van der Waals surface area (Å²) in [5, 5.41) is 4.51. The first kappa shape index (κ1) is 15.2. The smallest absolute Gasteiger partial charge is 0.255 e. The maximum Gasteiger partial charge on any atom is 0.255 e. The van der Waals surface area contributed by atoms with Crippen LogP contribution in [0.25, 0.3) is 0 Å². The van der Waals surface area contributed by atoms with Gasteiger partial charge in [-0.05, 0) is 37.3 Å². The van der Waals surface area contributed by atoms with E-state index in [1.807, 2.05) is 53.3 Å². The van der Waals surface area contributed by atoms with Gasteiger partial charge in [0, 0.05) is 37.1 Å². The van der Waals surface area contributed by atoms with Crippen LogP contribution in [-0.2, 0) is 7.05 Å². The lowest BCUT2D eigenvalue weighted by molar-refractivity contribution is 0.0702. The molecule has 1 aliphatic heterocycles. The van der Waals surface area contributed by atoms with Crippen LogP contribution in [0.5, 0.6) is 0 Å². The van der Waals surface area contributed by atoms with Gasteiger partial charge in [-0.1, -0.05) is 12.1 Å². The van der Waals surface area contributed by atoms with Crippen molar-refractivity contribution in [2.75, 3.05) is 19.3 Å². The highest BCUT2D eigenvalue weighted by atomic mass is 32.2. The molecule has 0 aliphatic carbocycles. The number of nitrogens with zero attached hydrogens (tertiary/aromatic N) is 3. The SMILES string of the molecule is CSc1ccccc1C(=O)N1CCC[C@@H](c2ccn(C)n2)C1. The van der Waals surface area contributed by atoms with Gasteiger partial charge in [-0.2, -0.15) is 5.10 Å². The van der Waals surface area contributed by atoms with Crippen molar-refractivity contribution in [1.29, 1.82) is 0 Å². The molecule has 3 rings (SSSR count). The van der Waals surface area contributed by atoms with Gasteiger partial charge in [0.25, 0.3) is 5.91 Å². The van der Waals surface area contributed by atoms with E-state index in [1.54, 1.807) is 11.8 Å². The van der Waals surface area contributed by atoms with Crippen molar-refractivity contribution in [2.24, 2.45) is 7.05 Å². The Morgan fingerprint density at radius 2 is 2.14 bits per heavy atom. The lowest BCUT2D eigenvalue weighted by Gasteiger charge is -2.32. The van der Waals surface area contributed by atoms with E-state index < -0.39 is 0 Å². The average molecular weight is 315 g/mol. The van der Waals surface area contributed by atoms with Gasteiger partial charge in [0.15, 0.2) is 0 Å². The summed E-state index contributed by atoms with van der Waals surface area (Å²) in [5.74, 6) is 0.492. The molecule has 2 heterocycles. The van der Waals surface area contributed by atoms with Gasteiger partial charge in [-0.3, -0.25) is 9.48 Å². The molecule has 0 unspecified atom stereocenters. The summed E-state index contributed by atoms with van der Waals surface area (Å²) in [6, 6.07) is 9.92. The normalized spacial score (nSPS) is 18.5. The zero-order chi connectivity index (χ0) is 15.5. The second-order valence-electron chi connectivity index (χ2n) is 5.70. The van der Waals surface area contributed by atoms with E-state index in [0.29, 0.717) is 5.92 Å². The molecular weight excluding hydrogens is 294 g/mol. The van der Waals surface area contributed by atoms with Crippen molar-refractivity contribution in [2.45, 2.75) is 23.7 Å². The molecule has 0 radical (unpaired) electrons. The fourth-order valence-corrected chi connectivity index (χ4v) is 3.64. The van der Waals surface area contributed by atoms with Crippen molar-refractivity contribution in [3.63, 3.8) is 0 Å². The van der Waals surface area contributed by atoms with Crippen molar-refractivity contribution in [3.05, 3.63) is 47.8 Å². The fraction of sp³-hybridized carbons (Fsp3) is 0.412. The summed E-state index contributed by atoms with van der Waals surface area (Å²) < 4.78 is 1.83. The van der Waals surface area contributed by atoms with E-state index >= 15 is 0 Å². The maximum atomic E-state index is 12.8. The van der Waals surface area contributed by atoms with Crippen molar-refractivity contribution < 1.29 is 4.79 Å². The highest BCUT2D eigenvalue weighted by Crippen LogP contribution is 2.28. The molecule has 1 fully saturated rings. The quantitative estimate of drug-likeness (QED) is 0.817. The number of aromatic nitrogens is 2. The van der Waals surface area contributed by atoms with Gasteiger partial charge in [0.2, 0.25) is 0 Å². The lowest BCUT2D eigenvalue weighted by Crippen LogP contribution is -2.39. The van der Waals surface area contributed by atoms with Gasteiger partial charge >= 0.3 is 0 Å². The summed E-state index contributed by atoms with van der Waals surface area (Å²) >= 11 is 1.63. The minimum atomic E-state index is 0.144. The molecule has 0 saturated carbocycles. The summed E-state index contributed by atoms with van der Waals surface area (Å²) in [5.41, 5.74) is 1.91. The summed E-state index contributed by atoms with van der Waals surface area (Å²) in [7, 11) is 1.93. The average Bonchev–Trinajstić information content (AvgIpc) is 3.01. The largest absolute Gasteiger partial charge is 0.338 e. The maximum absolute atomic E-state index is 12.8. The molecule has 22 heavy (non-hydrogen) atoms. The van der Waals surface area contributed by atoms with Gasteiger partial charge in [-0.15, -0.1) is 11.8 Å². The highest BCUT2D eigenvalue weighted by Gasteiger charge is 2.27. The van der Waals surface area contributed by atoms with Crippen LogP contribution in [0.15, 0.2) is 41.4 Å². The molecule has 1 atom stereocenters. The minimum absolute atomic E-state index is 0.144. The van der Waals surface area contributed by atoms with E-state index in [9.17, 15) is 4.79 Å². The van der Waals surface area contributed by atoms with Crippen LogP contribution in [0.4, 0.5) is 0 Å². The molecule has 0 N–H and O–H groups in total. The number of carbonyl (C=O) groups excluding carboxylic acids is 1. The first-order valence-electron chi connectivity index (χ1n) is 7.61. The predicted molar refractivity (Wildman–Crippen MR) is 89.3 cm³/mol. The zero-order valence-corrected chi connectivity index (χ0v) is 13.8. The third kappa shape index (κ3) is 3.04. The Morgan fingerprint density at radius 1 is 1.32 bits per heavy atom. The molecule has 1 aromatic heterocycles. The number of hydrogen-bond acceptors (Lipinski definition) is 3. The molecule has 2 aromatic rings. The zero-order valence-electron chi connectivity index (χ0n) is 13.0. The van der Waals surface area contributed by atoms with E-state index in [-0.39, 0.29) is 5.91 Å². The second kappa shape index (κ2) is 6.57. The Morgan fingerprint density at radius 3 is 2.86 bits per heavy atom. The Labute approximate surface area is 135 Å². The van der Waals surface area contributed by atoms with Gasteiger partial charge < -0.3 is 4.90 Å². The van der Waals surface area contributed by atoms with Crippen molar-refractivity contribution in [3.8, 4) is 0 Å². The molecular formula is C17H21N3OS. The third-order valence-electron chi connectivity index (χ3n) is 4.20. The lowest BCUT2D eigenvalue weighted by atomic mass is 9.94. The predicted octanol–water partition coefficient (Wildman–Crippen LogP) is 3.16. The van der Waals surface area contributed by atoms with Crippen LogP contribution in [0, 0.1) is 0 Å². The van der Waals surface area contributed by atoms with E-state index in [0.717, 1.165) is 42.1 Å². The van der Waals surface area contributed by atoms with Crippen LogP contribution >= 0.6 is 11.8 Å². The first-order chi connectivity index (χ1) is 10.7. The van der Waals surface area contributed by atoms with Gasteiger partial charge in [0.1, 0.15) is 0 Å². The first-order valence-corrected chi connectivity index (χ1v) is 8.83. The van der Waals surface area contributed by atoms with Crippen molar-refractivity contribution in [1.82, 2.24) is 14.7 Å². The summed E-state index contributed by atoms with van der Waals surface area (Å²) in [4.78, 5) is 15.9. The number of thioether (sulfide) groups is 1. The number of aryl methyl sites for hydroxylation is 1. The number of carbonyl (C=O) groups is 1. The Balaban J connectivity index is 1.78. The second-order valence-corrected chi connectivity index (χ2v) is 6.55. The number of likely N-dealkylation sites (tertiary alicyclic amines) is 1. The topological polar surface area (TPSA) is 38.1 Å². The number of benzene rings is 1. The van der Waals surface area contributed by atoms with E-state index in [4.69, 9.17) is 0 Å². The molecule has 116 valence electrons. The molecule has 1 aliphatic rings.